The minimum Gasteiger partial charge on any atom is -0.394 e. The molecule has 2 aliphatic heterocycles. The summed E-state index contributed by atoms with van der Waals surface area (Å²) in [5.41, 5.74) is 1.20. The first kappa shape index (κ1) is 11.2. The summed E-state index contributed by atoms with van der Waals surface area (Å²) in [5.74, 6) is -0.179. The highest BCUT2D eigenvalue weighted by atomic mass is 19.1. The lowest BCUT2D eigenvalue weighted by Crippen LogP contribution is -2.42. The monoisotopic (exact) mass is 235 g/mol. The maximum absolute atomic E-state index is 12.9. The molecule has 0 bridgehead atoms. The maximum atomic E-state index is 12.9. The van der Waals surface area contributed by atoms with Crippen LogP contribution < -0.4 is 0 Å². The van der Waals surface area contributed by atoms with E-state index < -0.39 is 0 Å². The van der Waals surface area contributed by atoms with E-state index in [9.17, 15) is 9.50 Å². The Labute approximate surface area is 101 Å². The van der Waals surface area contributed by atoms with Gasteiger partial charge in [-0.05, 0) is 49.9 Å². The van der Waals surface area contributed by atoms with Crippen LogP contribution in [0.25, 0.3) is 0 Å². The highest BCUT2D eigenvalue weighted by Crippen LogP contribution is 2.48. The second kappa shape index (κ2) is 4.07. The molecule has 2 fully saturated rings. The molecule has 2 nitrogen and oxygen atoms in total. The van der Waals surface area contributed by atoms with Gasteiger partial charge in [0, 0.05) is 11.6 Å². The van der Waals surface area contributed by atoms with Gasteiger partial charge in [0.2, 0.25) is 0 Å². The van der Waals surface area contributed by atoms with Crippen molar-refractivity contribution in [2.45, 2.75) is 37.3 Å². The molecule has 3 rings (SSSR count). The molecule has 2 atom stereocenters. The third-order valence-electron chi connectivity index (χ3n) is 4.46. The molecule has 0 spiro atoms. The number of benzene rings is 1. The van der Waals surface area contributed by atoms with Gasteiger partial charge in [-0.2, -0.15) is 0 Å². The predicted octanol–water partition coefficient (Wildman–Crippen LogP) is 2.49. The molecule has 0 amide bonds. The summed E-state index contributed by atoms with van der Waals surface area (Å²) in [6.45, 7) is 1.31. The molecular formula is C14H18FNO. The molecule has 3 heteroatoms. The number of fused-ring (bicyclic) bond motifs is 1. The summed E-state index contributed by atoms with van der Waals surface area (Å²) in [6.07, 6.45) is 4.40. The minimum absolute atomic E-state index is 0.0129. The lowest BCUT2D eigenvalue weighted by atomic mass is 9.95. The van der Waals surface area contributed by atoms with Crippen molar-refractivity contribution in [3.05, 3.63) is 35.6 Å². The molecule has 92 valence electrons. The predicted molar refractivity (Wildman–Crippen MR) is 64.1 cm³/mol. The molecule has 1 aromatic carbocycles. The Morgan fingerprint density at radius 2 is 2.06 bits per heavy atom. The smallest absolute Gasteiger partial charge is 0.123 e. The normalized spacial score (nSPS) is 32.9. The summed E-state index contributed by atoms with van der Waals surface area (Å²) in [7, 11) is 0. The van der Waals surface area contributed by atoms with Gasteiger partial charge >= 0.3 is 0 Å². The fourth-order valence-corrected chi connectivity index (χ4v) is 3.56. The summed E-state index contributed by atoms with van der Waals surface area (Å²) >= 11 is 0. The van der Waals surface area contributed by atoms with Crippen LogP contribution in [0.4, 0.5) is 4.39 Å². The molecule has 0 unspecified atom stereocenters. The number of rotatable bonds is 2. The molecule has 17 heavy (non-hydrogen) atoms. The largest absolute Gasteiger partial charge is 0.394 e. The minimum atomic E-state index is -0.179. The van der Waals surface area contributed by atoms with E-state index in [1.807, 2.05) is 12.1 Å². The van der Waals surface area contributed by atoms with Crippen molar-refractivity contribution in [3.63, 3.8) is 0 Å². The Morgan fingerprint density at radius 1 is 1.29 bits per heavy atom. The third kappa shape index (κ3) is 1.69. The third-order valence-corrected chi connectivity index (χ3v) is 4.46. The standard InChI is InChI=1S/C14H18FNO/c15-12-4-2-11(3-5-12)13-6-8-14(10-17)7-1-9-16(13)14/h2-5,13,17H,1,6-10H2/t13-,14+/m1/s1. The van der Waals surface area contributed by atoms with E-state index in [1.54, 1.807) is 0 Å². The van der Waals surface area contributed by atoms with Crippen molar-refractivity contribution in [1.82, 2.24) is 4.90 Å². The molecule has 2 heterocycles. The molecule has 0 saturated carbocycles. The Kier molecular flexibility index (Phi) is 2.68. The van der Waals surface area contributed by atoms with E-state index in [0.717, 1.165) is 32.2 Å². The maximum Gasteiger partial charge on any atom is 0.123 e. The van der Waals surface area contributed by atoms with Crippen LogP contribution in [-0.2, 0) is 0 Å². The highest BCUT2D eigenvalue weighted by Gasteiger charge is 2.48. The van der Waals surface area contributed by atoms with E-state index in [2.05, 4.69) is 4.90 Å². The second-order valence-electron chi connectivity index (χ2n) is 5.29. The van der Waals surface area contributed by atoms with Crippen molar-refractivity contribution < 1.29 is 9.50 Å². The summed E-state index contributed by atoms with van der Waals surface area (Å²) in [5, 5.41) is 9.63. The molecule has 0 radical (unpaired) electrons. The number of halogens is 1. The Hall–Kier alpha value is -0.930. The first-order valence-corrected chi connectivity index (χ1v) is 6.38. The van der Waals surface area contributed by atoms with Gasteiger partial charge in [0.25, 0.3) is 0 Å². The number of nitrogens with zero attached hydrogens (tertiary/aromatic N) is 1. The van der Waals surface area contributed by atoms with Crippen molar-refractivity contribution in [1.29, 1.82) is 0 Å². The summed E-state index contributed by atoms with van der Waals surface area (Å²) < 4.78 is 12.9. The topological polar surface area (TPSA) is 23.5 Å². The van der Waals surface area contributed by atoms with E-state index in [-0.39, 0.29) is 18.0 Å². The zero-order valence-electron chi connectivity index (χ0n) is 9.90. The van der Waals surface area contributed by atoms with Crippen LogP contribution in [0, 0.1) is 5.82 Å². The van der Waals surface area contributed by atoms with Crippen LogP contribution in [-0.4, -0.2) is 28.7 Å². The van der Waals surface area contributed by atoms with Gasteiger partial charge in [0.05, 0.1) is 6.61 Å². The van der Waals surface area contributed by atoms with Crippen LogP contribution >= 0.6 is 0 Å². The Bertz CT molecular complexity index is 405. The molecular weight excluding hydrogens is 217 g/mol. The summed E-state index contributed by atoms with van der Waals surface area (Å²) in [6, 6.07) is 7.19. The van der Waals surface area contributed by atoms with Gasteiger partial charge in [0.15, 0.2) is 0 Å². The van der Waals surface area contributed by atoms with Crippen LogP contribution in [0.15, 0.2) is 24.3 Å². The fraction of sp³-hybridized carbons (Fsp3) is 0.571. The van der Waals surface area contributed by atoms with Crippen molar-refractivity contribution in [2.24, 2.45) is 0 Å². The second-order valence-corrected chi connectivity index (χ2v) is 5.29. The van der Waals surface area contributed by atoms with Gasteiger partial charge in [-0.1, -0.05) is 12.1 Å². The van der Waals surface area contributed by atoms with E-state index in [1.165, 1.54) is 17.7 Å². The lowest BCUT2D eigenvalue weighted by Gasteiger charge is -2.33. The molecule has 1 aromatic rings. The first-order chi connectivity index (χ1) is 8.25. The van der Waals surface area contributed by atoms with E-state index in [0.29, 0.717) is 6.04 Å². The van der Waals surface area contributed by atoms with Gasteiger partial charge in [-0.3, -0.25) is 4.90 Å². The summed E-state index contributed by atoms with van der Waals surface area (Å²) in [4.78, 5) is 2.43. The zero-order chi connectivity index (χ0) is 11.9. The van der Waals surface area contributed by atoms with Gasteiger partial charge < -0.3 is 5.11 Å². The lowest BCUT2D eigenvalue weighted by molar-refractivity contribution is 0.0776. The number of aliphatic hydroxyl groups is 1. The Morgan fingerprint density at radius 3 is 2.76 bits per heavy atom. The van der Waals surface area contributed by atoms with Gasteiger partial charge in [-0.25, -0.2) is 4.39 Å². The number of aliphatic hydroxyl groups excluding tert-OH is 1. The van der Waals surface area contributed by atoms with Crippen LogP contribution in [0.2, 0.25) is 0 Å². The average molecular weight is 235 g/mol. The average Bonchev–Trinajstić information content (AvgIpc) is 2.89. The van der Waals surface area contributed by atoms with Crippen molar-refractivity contribution in [2.75, 3.05) is 13.2 Å². The molecule has 0 aliphatic carbocycles. The molecule has 0 aromatic heterocycles. The zero-order valence-corrected chi connectivity index (χ0v) is 9.90. The van der Waals surface area contributed by atoms with Crippen molar-refractivity contribution >= 4 is 0 Å². The van der Waals surface area contributed by atoms with E-state index in [4.69, 9.17) is 0 Å². The van der Waals surface area contributed by atoms with E-state index >= 15 is 0 Å². The first-order valence-electron chi connectivity index (χ1n) is 6.38. The van der Waals surface area contributed by atoms with Crippen molar-refractivity contribution in [3.8, 4) is 0 Å². The molecule has 1 N–H and O–H groups in total. The fourth-order valence-electron chi connectivity index (χ4n) is 3.56. The van der Waals surface area contributed by atoms with Crippen LogP contribution in [0.1, 0.15) is 37.3 Å². The van der Waals surface area contributed by atoms with Crippen LogP contribution in [0.3, 0.4) is 0 Å². The Balaban J connectivity index is 1.88. The molecule has 2 saturated heterocycles. The van der Waals surface area contributed by atoms with Crippen LogP contribution in [0.5, 0.6) is 0 Å². The van der Waals surface area contributed by atoms with Gasteiger partial charge in [0.1, 0.15) is 5.82 Å². The number of hydrogen-bond donors (Lipinski definition) is 1. The molecule has 2 aliphatic rings. The highest BCUT2D eigenvalue weighted by molar-refractivity contribution is 5.23. The number of hydrogen-bond acceptors (Lipinski definition) is 2. The quantitative estimate of drug-likeness (QED) is 0.851. The van der Waals surface area contributed by atoms with Gasteiger partial charge in [-0.15, -0.1) is 0 Å². The SMILES string of the molecule is OC[C@@]12CCCN1[C@@H](c1ccc(F)cc1)CC2.